The maximum atomic E-state index is 6.63. The minimum absolute atomic E-state index is 0.108. The SMILES string of the molecule is Cc1cc([C@H]2[C@H](c3ccccn3)NC(=S)N2c2ccc(N(C)C)cc2)c(C)n1-c1ccc(Cl)cc1Cl. The smallest absolute Gasteiger partial charge is 0.174 e. The number of pyridine rings is 1. The molecule has 184 valence electrons. The van der Waals surface area contributed by atoms with Crippen LogP contribution in [0.1, 0.15) is 34.7 Å². The standard InChI is InChI=1S/C28H27Cl2N5S/c1-17-15-22(18(2)34(17)25-13-8-19(29)16-23(25)30)27-26(24-7-5-6-14-31-24)32-28(36)35(27)21-11-9-20(10-12-21)33(3)4/h5-16,26-27H,1-4H3,(H,32,36)/t26-,27-/m0/s1. The molecule has 0 radical (unpaired) electrons. The highest BCUT2D eigenvalue weighted by molar-refractivity contribution is 7.80. The molecule has 5 rings (SSSR count). The Morgan fingerprint density at radius 1 is 0.972 bits per heavy atom. The van der Waals surface area contributed by atoms with Crippen LogP contribution in [0, 0.1) is 13.8 Å². The first-order valence-corrected chi connectivity index (χ1v) is 12.8. The summed E-state index contributed by atoms with van der Waals surface area (Å²) in [6.07, 6.45) is 1.82. The lowest BCUT2D eigenvalue weighted by Crippen LogP contribution is -2.29. The number of thiocarbonyl (C=S) groups is 1. The van der Waals surface area contributed by atoms with Crippen molar-refractivity contribution in [2.75, 3.05) is 23.9 Å². The van der Waals surface area contributed by atoms with E-state index in [1.165, 1.54) is 0 Å². The maximum Gasteiger partial charge on any atom is 0.174 e. The van der Waals surface area contributed by atoms with Crippen LogP contribution in [0.15, 0.2) is 72.9 Å². The molecule has 1 saturated heterocycles. The number of aryl methyl sites for hydroxylation is 1. The Balaban J connectivity index is 1.67. The van der Waals surface area contributed by atoms with E-state index < -0.39 is 0 Å². The van der Waals surface area contributed by atoms with Crippen LogP contribution in [0.5, 0.6) is 0 Å². The van der Waals surface area contributed by atoms with Gasteiger partial charge in [0.2, 0.25) is 0 Å². The van der Waals surface area contributed by atoms with Gasteiger partial charge in [0.15, 0.2) is 5.11 Å². The second kappa shape index (κ2) is 9.77. The first-order valence-electron chi connectivity index (χ1n) is 11.7. The molecule has 1 N–H and O–H groups in total. The average molecular weight is 537 g/mol. The summed E-state index contributed by atoms with van der Waals surface area (Å²) in [5.41, 5.74) is 7.30. The lowest BCUT2D eigenvalue weighted by atomic mass is 9.96. The summed E-state index contributed by atoms with van der Waals surface area (Å²) in [6, 6.07) is 22.0. The second-order valence-electron chi connectivity index (χ2n) is 9.17. The molecule has 2 aromatic carbocycles. The van der Waals surface area contributed by atoms with Gasteiger partial charge in [0.25, 0.3) is 0 Å². The second-order valence-corrected chi connectivity index (χ2v) is 10.4. The van der Waals surface area contributed by atoms with Crippen LogP contribution >= 0.6 is 35.4 Å². The Labute approximate surface area is 227 Å². The molecule has 1 aliphatic heterocycles. The number of anilines is 2. The van der Waals surface area contributed by atoms with Crippen LogP contribution in [0.2, 0.25) is 10.0 Å². The normalized spacial score (nSPS) is 17.4. The minimum Gasteiger partial charge on any atom is -0.378 e. The van der Waals surface area contributed by atoms with Crippen molar-refractivity contribution in [3.8, 4) is 5.69 Å². The number of nitrogens with one attached hydrogen (secondary N) is 1. The molecule has 2 atom stereocenters. The van der Waals surface area contributed by atoms with Crippen LogP contribution in [0.25, 0.3) is 5.69 Å². The van der Waals surface area contributed by atoms with Gasteiger partial charge in [0, 0.05) is 48.1 Å². The molecule has 0 bridgehead atoms. The molecule has 2 aromatic heterocycles. The predicted octanol–water partition coefficient (Wildman–Crippen LogP) is 7.04. The molecular formula is C28H27Cl2N5S. The first-order chi connectivity index (χ1) is 17.3. The van der Waals surface area contributed by atoms with Gasteiger partial charge < -0.3 is 19.7 Å². The van der Waals surface area contributed by atoms with Crippen LogP contribution in [-0.2, 0) is 0 Å². The van der Waals surface area contributed by atoms with Crippen molar-refractivity contribution in [1.29, 1.82) is 0 Å². The monoisotopic (exact) mass is 535 g/mol. The van der Waals surface area contributed by atoms with Crippen LogP contribution < -0.4 is 15.1 Å². The van der Waals surface area contributed by atoms with Crippen molar-refractivity contribution in [3.05, 3.63) is 106 Å². The van der Waals surface area contributed by atoms with Gasteiger partial charge >= 0.3 is 0 Å². The fraction of sp³-hybridized carbons (Fsp3) is 0.214. The average Bonchev–Trinajstić information content (AvgIpc) is 3.35. The van der Waals surface area contributed by atoms with Crippen molar-refractivity contribution >= 4 is 51.9 Å². The van der Waals surface area contributed by atoms with Crippen molar-refractivity contribution in [3.63, 3.8) is 0 Å². The lowest BCUT2D eigenvalue weighted by molar-refractivity contribution is 0.565. The molecule has 4 aromatic rings. The molecule has 0 spiro atoms. The van der Waals surface area contributed by atoms with Crippen molar-refractivity contribution in [2.24, 2.45) is 0 Å². The third kappa shape index (κ3) is 4.34. The van der Waals surface area contributed by atoms with Gasteiger partial charge in [-0.05, 0) is 92.3 Å². The van der Waals surface area contributed by atoms with Gasteiger partial charge in [-0.2, -0.15) is 0 Å². The number of nitrogens with zero attached hydrogens (tertiary/aromatic N) is 4. The Kier molecular flexibility index (Phi) is 6.68. The Morgan fingerprint density at radius 2 is 1.72 bits per heavy atom. The van der Waals surface area contributed by atoms with Crippen LogP contribution in [0.4, 0.5) is 11.4 Å². The van der Waals surface area contributed by atoms with Crippen molar-refractivity contribution in [1.82, 2.24) is 14.9 Å². The first kappa shape index (κ1) is 24.6. The zero-order chi connectivity index (χ0) is 25.6. The lowest BCUT2D eigenvalue weighted by Gasteiger charge is -2.28. The minimum atomic E-state index is -0.123. The highest BCUT2D eigenvalue weighted by Gasteiger charge is 2.42. The van der Waals surface area contributed by atoms with E-state index in [4.69, 9.17) is 35.4 Å². The van der Waals surface area contributed by atoms with Gasteiger partial charge in [-0.3, -0.25) is 4.98 Å². The number of hydrogen-bond donors (Lipinski definition) is 1. The molecule has 0 aliphatic carbocycles. The summed E-state index contributed by atoms with van der Waals surface area (Å²) in [4.78, 5) is 8.96. The molecule has 3 heterocycles. The maximum absolute atomic E-state index is 6.63. The van der Waals surface area contributed by atoms with E-state index in [-0.39, 0.29) is 12.1 Å². The van der Waals surface area contributed by atoms with Gasteiger partial charge in [-0.15, -0.1) is 0 Å². The number of rotatable bonds is 5. The van der Waals surface area contributed by atoms with Gasteiger partial charge in [0.1, 0.15) is 0 Å². The van der Waals surface area contributed by atoms with E-state index >= 15 is 0 Å². The summed E-state index contributed by atoms with van der Waals surface area (Å²) >= 11 is 18.7. The van der Waals surface area contributed by atoms with E-state index in [2.05, 4.69) is 68.8 Å². The summed E-state index contributed by atoms with van der Waals surface area (Å²) in [5, 5.41) is 5.44. The molecule has 1 fully saturated rings. The largest absolute Gasteiger partial charge is 0.378 e. The van der Waals surface area contributed by atoms with Crippen LogP contribution in [0.3, 0.4) is 0 Å². The zero-order valence-corrected chi connectivity index (χ0v) is 22.9. The summed E-state index contributed by atoms with van der Waals surface area (Å²) in [5.74, 6) is 0. The molecular weight excluding hydrogens is 509 g/mol. The van der Waals surface area contributed by atoms with E-state index in [0.29, 0.717) is 15.2 Å². The number of hydrogen-bond acceptors (Lipinski definition) is 3. The van der Waals surface area contributed by atoms with Crippen LogP contribution in [-0.4, -0.2) is 28.8 Å². The van der Waals surface area contributed by atoms with Crippen molar-refractivity contribution in [2.45, 2.75) is 25.9 Å². The highest BCUT2D eigenvalue weighted by atomic mass is 35.5. The summed E-state index contributed by atoms with van der Waals surface area (Å²) < 4.78 is 2.18. The van der Waals surface area contributed by atoms with E-state index in [1.54, 1.807) is 6.07 Å². The number of benzene rings is 2. The third-order valence-corrected chi connectivity index (χ3v) is 7.53. The fourth-order valence-electron chi connectivity index (χ4n) is 4.98. The molecule has 0 amide bonds. The zero-order valence-electron chi connectivity index (χ0n) is 20.5. The Morgan fingerprint density at radius 3 is 2.36 bits per heavy atom. The highest BCUT2D eigenvalue weighted by Crippen LogP contribution is 2.44. The number of aromatic nitrogens is 2. The molecule has 5 nitrogen and oxygen atoms in total. The molecule has 8 heteroatoms. The Hall–Kier alpha value is -3.06. The molecule has 1 aliphatic rings. The molecule has 36 heavy (non-hydrogen) atoms. The third-order valence-electron chi connectivity index (χ3n) is 6.68. The van der Waals surface area contributed by atoms with Crippen molar-refractivity contribution < 1.29 is 0 Å². The predicted molar refractivity (Wildman–Crippen MR) is 154 cm³/mol. The summed E-state index contributed by atoms with van der Waals surface area (Å²) in [7, 11) is 4.07. The topological polar surface area (TPSA) is 36.3 Å². The van der Waals surface area contributed by atoms with E-state index in [0.717, 1.165) is 39.7 Å². The summed E-state index contributed by atoms with van der Waals surface area (Å²) in [6.45, 7) is 4.21. The van der Waals surface area contributed by atoms with Gasteiger partial charge in [0.05, 0.1) is 28.5 Å². The van der Waals surface area contributed by atoms with E-state index in [1.807, 2.05) is 50.6 Å². The van der Waals surface area contributed by atoms with E-state index in [9.17, 15) is 0 Å². The fourth-order valence-corrected chi connectivity index (χ4v) is 5.82. The van der Waals surface area contributed by atoms with Gasteiger partial charge in [-0.1, -0.05) is 29.3 Å². The van der Waals surface area contributed by atoms with Gasteiger partial charge in [-0.25, -0.2) is 0 Å². The molecule has 0 unspecified atom stereocenters. The Bertz CT molecular complexity index is 1420. The number of halogens is 2. The quantitative estimate of drug-likeness (QED) is 0.277. The molecule has 0 saturated carbocycles.